The monoisotopic (exact) mass is 282 g/mol. The van der Waals surface area contributed by atoms with Gasteiger partial charge in [0, 0.05) is 6.04 Å². The molecule has 18 heavy (non-hydrogen) atoms. The highest BCUT2D eigenvalue weighted by Crippen LogP contribution is 2.27. The molecule has 1 aromatic carbocycles. The summed E-state index contributed by atoms with van der Waals surface area (Å²) in [6.07, 6.45) is 3.29. The van der Waals surface area contributed by atoms with Crippen molar-refractivity contribution in [2.45, 2.75) is 32.2 Å². The van der Waals surface area contributed by atoms with Crippen LogP contribution in [0.3, 0.4) is 0 Å². The Hall–Kier alpha value is -0.670. The summed E-state index contributed by atoms with van der Waals surface area (Å²) in [7, 11) is 0. The quantitative estimate of drug-likeness (QED) is 0.757. The fraction of sp³-hybridized carbons (Fsp3) is 0.500. The Bertz CT molecular complexity index is 536. The largest absolute Gasteiger partial charge is 0.324 e. The third kappa shape index (κ3) is 2.52. The minimum Gasteiger partial charge on any atom is -0.324 e. The second-order valence-electron chi connectivity index (χ2n) is 4.60. The molecule has 0 radical (unpaired) electrons. The van der Waals surface area contributed by atoms with Crippen LogP contribution in [0.25, 0.3) is 11.0 Å². The van der Waals surface area contributed by atoms with Crippen LogP contribution in [0.5, 0.6) is 0 Å². The Morgan fingerprint density at radius 1 is 1.44 bits per heavy atom. The van der Waals surface area contributed by atoms with Crippen molar-refractivity contribution >= 4 is 34.4 Å². The van der Waals surface area contributed by atoms with Gasteiger partial charge in [-0.15, -0.1) is 11.6 Å². The number of aromatic nitrogens is 2. The summed E-state index contributed by atoms with van der Waals surface area (Å²) in [5, 5.41) is 0. The maximum Gasteiger partial charge on any atom is 0.125 e. The van der Waals surface area contributed by atoms with Gasteiger partial charge < -0.3 is 4.57 Å². The molecule has 0 spiro atoms. The van der Waals surface area contributed by atoms with Gasteiger partial charge in [-0.2, -0.15) is 11.8 Å². The van der Waals surface area contributed by atoms with Crippen LogP contribution in [0.4, 0.5) is 0 Å². The van der Waals surface area contributed by atoms with E-state index in [-0.39, 0.29) is 0 Å². The molecule has 0 amide bonds. The first-order chi connectivity index (χ1) is 8.69. The smallest absolute Gasteiger partial charge is 0.125 e. The first-order valence-electron chi connectivity index (χ1n) is 6.20. The molecule has 1 unspecified atom stereocenters. The lowest BCUT2D eigenvalue weighted by molar-refractivity contribution is 0.533. The van der Waals surface area contributed by atoms with Crippen LogP contribution in [-0.2, 0) is 5.88 Å². The molecular formula is C14H19ClN2S. The first-order valence-corrected chi connectivity index (χ1v) is 8.13. The van der Waals surface area contributed by atoms with Crippen molar-refractivity contribution in [1.29, 1.82) is 0 Å². The number of alkyl halides is 1. The number of aryl methyl sites for hydroxylation is 1. The van der Waals surface area contributed by atoms with Gasteiger partial charge in [-0.1, -0.05) is 12.1 Å². The Balaban J connectivity index is 2.52. The van der Waals surface area contributed by atoms with Crippen LogP contribution in [0.1, 0.15) is 30.8 Å². The Morgan fingerprint density at radius 3 is 2.89 bits per heavy atom. The van der Waals surface area contributed by atoms with Crippen molar-refractivity contribution in [1.82, 2.24) is 9.55 Å². The van der Waals surface area contributed by atoms with Crippen molar-refractivity contribution in [3.8, 4) is 0 Å². The molecule has 4 heteroatoms. The molecule has 1 heterocycles. The van der Waals surface area contributed by atoms with E-state index < -0.39 is 0 Å². The lowest BCUT2D eigenvalue weighted by Crippen LogP contribution is -2.10. The average Bonchev–Trinajstić information content (AvgIpc) is 2.76. The van der Waals surface area contributed by atoms with Crippen molar-refractivity contribution in [2.24, 2.45) is 0 Å². The number of fused-ring (bicyclic) bond motifs is 1. The lowest BCUT2D eigenvalue weighted by atomic mass is 10.2. The predicted octanol–water partition coefficient (Wildman–Crippen LogP) is 4.40. The maximum atomic E-state index is 6.05. The first kappa shape index (κ1) is 13.8. The number of halogens is 1. The minimum absolute atomic E-state index is 0.442. The fourth-order valence-electron chi connectivity index (χ4n) is 2.36. The topological polar surface area (TPSA) is 17.8 Å². The van der Waals surface area contributed by atoms with Crippen LogP contribution in [0.2, 0.25) is 0 Å². The molecule has 1 atom stereocenters. The fourth-order valence-corrected chi connectivity index (χ4v) is 3.12. The number of rotatable bonds is 5. The highest BCUT2D eigenvalue weighted by atomic mass is 35.5. The Morgan fingerprint density at radius 2 is 2.22 bits per heavy atom. The third-order valence-electron chi connectivity index (χ3n) is 3.28. The van der Waals surface area contributed by atoms with E-state index in [4.69, 9.17) is 11.6 Å². The third-order valence-corrected chi connectivity index (χ3v) is 4.17. The van der Waals surface area contributed by atoms with Gasteiger partial charge in [0.15, 0.2) is 0 Å². The molecule has 0 saturated heterocycles. The standard InChI is InChI=1S/C14H19ClN2S/c1-10-5-4-6-12-14(10)17(13(9-15)16-12)11(2)7-8-18-3/h4-6,11H,7-9H2,1-3H3. The van der Waals surface area contributed by atoms with Gasteiger partial charge in [0.25, 0.3) is 0 Å². The van der Waals surface area contributed by atoms with Crippen molar-refractivity contribution in [3.05, 3.63) is 29.6 Å². The molecule has 0 aliphatic carbocycles. The van der Waals surface area contributed by atoms with Crippen molar-refractivity contribution in [3.63, 3.8) is 0 Å². The molecule has 0 saturated carbocycles. The van der Waals surface area contributed by atoms with Gasteiger partial charge in [0.05, 0.1) is 16.9 Å². The highest BCUT2D eigenvalue weighted by molar-refractivity contribution is 7.98. The van der Waals surface area contributed by atoms with Gasteiger partial charge in [0.2, 0.25) is 0 Å². The summed E-state index contributed by atoms with van der Waals surface area (Å²) in [6.45, 7) is 4.39. The van der Waals surface area contributed by atoms with Crippen molar-refractivity contribution in [2.75, 3.05) is 12.0 Å². The molecule has 0 aliphatic heterocycles. The molecule has 0 fully saturated rings. The summed E-state index contributed by atoms with van der Waals surface area (Å²) in [4.78, 5) is 4.65. The minimum atomic E-state index is 0.442. The number of imidazole rings is 1. The SMILES string of the molecule is CSCCC(C)n1c(CCl)nc2cccc(C)c21. The number of hydrogen-bond acceptors (Lipinski definition) is 2. The van der Waals surface area contributed by atoms with E-state index in [0.29, 0.717) is 11.9 Å². The lowest BCUT2D eigenvalue weighted by Gasteiger charge is -2.17. The van der Waals surface area contributed by atoms with Gasteiger partial charge in [-0.3, -0.25) is 0 Å². The summed E-state index contributed by atoms with van der Waals surface area (Å²) in [6, 6.07) is 6.70. The number of hydrogen-bond donors (Lipinski definition) is 0. The Kier molecular flexibility index (Phi) is 4.57. The van der Waals surface area contributed by atoms with Gasteiger partial charge in [-0.25, -0.2) is 4.98 Å². The summed E-state index contributed by atoms with van der Waals surface area (Å²) in [5.41, 5.74) is 3.57. The molecule has 0 N–H and O–H groups in total. The number of nitrogens with zero attached hydrogens (tertiary/aromatic N) is 2. The van der Waals surface area contributed by atoms with E-state index in [2.05, 4.69) is 47.9 Å². The van der Waals surface area contributed by atoms with E-state index in [1.54, 1.807) is 0 Å². The molecule has 1 aromatic heterocycles. The van der Waals surface area contributed by atoms with Crippen molar-refractivity contribution < 1.29 is 0 Å². The average molecular weight is 283 g/mol. The second-order valence-corrected chi connectivity index (χ2v) is 5.86. The van der Waals surface area contributed by atoms with Gasteiger partial charge in [0.1, 0.15) is 5.82 Å². The highest BCUT2D eigenvalue weighted by Gasteiger charge is 2.16. The zero-order valence-electron chi connectivity index (χ0n) is 11.1. The predicted molar refractivity (Wildman–Crippen MR) is 81.7 cm³/mol. The molecule has 0 bridgehead atoms. The summed E-state index contributed by atoms with van der Waals surface area (Å²) in [5.74, 6) is 2.61. The number of benzene rings is 1. The normalized spacial score (nSPS) is 13.1. The maximum absolute atomic E-state index is 6.05. The van der Waals surface area contributed by atoms with E-state index in [0.717, 1.165) is 23.5 Å². The molecule has 98 valence electrons. The van der Waals surface area contributed by atoms with E-state index in [1.165, 1.54) is 11.1 Å². The van der Waals surface area contributed by atoms with E-state index in [9.17, 15) is 0 Å². The summed E-state index contributed by atoms with van der Waals surface area (Å²) < 4.78 is 2.31. The van der Waals surface area contributed by atoms with Crippen LogP contribution >= 0.6 is 23.4 Å². The summed E-state index contributed by atoms with van der Waals surface area (Å²) >= 11 is 7.93. The number of para-hydroxylation sites is 1. The zero-order chi connectivity index (χ0) is 13.1. The molecule has 2 nitrogen and oxygen atoms in total. The van der Waals surface area contributed by atoms with Crippen LogP contribution in [-0.4, -0.2) is 21.6 Å². The van der Waals surface area contributed by atoms with E-state index in [1.807, 2.05) is 11.8 Å². The van der Waals surface area contributed by atoms with Gasteiger partial charge >= 0.3 is 0 Å². The van der Waals surface area contributed by atoms with Crippen LogP contribution < -0.4 is 0 Å². The Labute approximate surface area is 118 Å². The van der Waals surface area contributed by atoms with E-state index >= 15 is 0 Å². The number of thioether (sulfide) groups is 1. The second kappa shape index (κ2) is 5.98. The zero-order valence-corrected chi connectivity index (χ0v) is 12.7. The molecular weight excluding hydrogens is 264 g/mol. The van der Waals surface area contributed by atoms with Crippen LogP contribution in [0, 0.1) is 6.92 Å². The van der Waals surface area contributed by atoms with Crippen LogP contribution in [0.15, 0.2) is 18.2 Å². The molecule has 2 aromatic rings. The molecule has 0 aliphatic rings. The molecule has 2 rings (SSSR count). The van der Waals surface area contributed by atoms with Gasteiger partial charge in [-0.05, 0) is 43.9 Å².